The molecule has 0 saturated heterocycles. The molecule has 27 heavy (non-hydrogen) atoms. The fraction of sp³-hybridized carbons (Fsp3) is 0.125. The van der Waals surface area contributed by atoms with E-state index in [1.54, 1.807) is 0 Å². The second kappa shape index (κ2) is 7.53. The van der Waals surface area contributed by atoms with Crippen LogP contribution in [0.3, 0.4) is 0 Å². The molecule has 4 nitrogen and oxygen atoms in total. The van der Waals surface area contributed by atoms with E-state index in [2.05, 4.69) is 4.74 Å². The molecule has 0 aliphatic rings. The van der Waals surface area contributed by atoms with E-state index < -0.39 is 64.5 Å². The van der Waals surface area contributed by atoms with Gasteiger partial charge in [0.15, 0.2) is 29.0 Å². The lowest BCUT2D eigenvalue weighted by atomic mass is 10.2. The monoisotopic (exact) mass is 392 g/mol. The van der Waals surface area contributed by atoms with Gasteiger partial charge in [-0.25, -0.2) is 13.2 Å². The van der Waals surface area contributed by atoms with Crippen LogP contribution in [0.1, 0.15) is 12.0 Å². The van der Waals surface area contributed by atoms with Gasteiger partial charge in [-0.1, -0.05) is 0 Å². The number of alkyl halides is 3. The number of hydrogen-bond donors (Lipinski definition) is 1. The number of ether oxygens (including phenoxy) is 1. The third kappa shape index (κ3) is 4.46. The Hall–Kier alpha value is -3.29. The third-order valence-corrected chi connectivity index (χ3v) is 3.09. The Labute approximate surface area is 146 Å². The second-order valence-corrected chi connectivity index (χ2v) is 4.99. The standard InChI is InChI=1S/C16H7F7N2O2/c17-8-1-2-11(25-12(26)3-4-24)15(13(8)20)27-14-9(18)5-7(6-10(14)19)16(21,22)23/h1-2,5-6H,3H2,(H,25,26). The van der Waals surface area contributed by atoms with Crippen molar-refractivity contribution in [3.8, 4) is 17.6 Å². The molecule has 0 aromatic heterocycles. The maximum atomic E-state index is 14.0. The number of rotatable bonds is 4. The van der Waals surface area contributed by atoms with Gasteiger partial charge in [0.05, 0.1) is 17.3 Å². The van der Waals surface area contributed by atoms with Crippen LogP contribution in [0.15, 0.2) is 24.3 Å². The predicted octanol–water partition coefficient (Wildman–Crippen LogP) is 4.91. The SMILES string of the molecule is N#CCC(=O)Nc1ccc(F)c(F)c1Oc1c(F)cc(C(F)(F)F)cc1F. The first-order chi connectivity index (χ1) is 12.5. The summed E-state index contributed by atoms with van der Waals surface area (Å²) in [6.45, 7) is 0. The quantitative estimate of drug-likeness (QED) is 0.753. The molecule has 0 aliphatic carbocycles. The Morgan fingerprint density at radius 2 is 1.63 bits per heavy atom. The molecule has 2 aromatic rings. The zero-order chi connectivity index (χ0) is 20.4. The van der Waals surface area contributed by atoms with Gasteiger partial charge in [-0.15, -0.1) is 0 Å². The highest BCUT2D eigenvalue weighted by Crippen LogP contribution is 2.39. The van der Waals surface area contributed by atoms with Gasteiger partial charge >= 0.3 is 6.18 Å². The van der Waals surface area contributed by atoms with E-state index in [0.717, 1.165) is 6.07 Å². The van der Waals surface area contributed by atoms with Crippen LogP contribution < -0.4 is 10.1 Å². The average Bonchev–Trinajstić information content (AvgIpc) is 2.55. The van der Waals surface area contributed by atoms with Gasteiger partial charge in [-0.2, -0.15) is 22.8 Å². The van der Waals surface area contributed by atoms with Crippen molar-refractivity contribution in [2.75, 3.05) is 5.32 Å². The molecule has 11 heteroatoms. The zero-order valence-electron chi connectivity index (χ0n) is 12.9. The number of halogens is 7. The molecule has 0 fully saturated rings. The Morgan fingerprint density at radius 3 is 2.15 bits per heavy atom. The normalized spacial score (nSPS) is 11.0. The van der Waals surface area contributed by atoms with Crippen molar-refractivity contribution in [2.45, 2.75) is 12.6 Å². The van der Waals surface area contributed by atoms with Gasteiger partial charge in [0.2, 0.25) is 11.7 Å². The number of nitrogens with zero attached hydrogens (tertiary/aromatic N) is 1. The molecule has 0 aliphatic heterocycles. The topological polar surface area (TPSA) is 62.1 Å². The molecular formula is C16H7F7N2O2. The summed E-state index contributed by atoms with van der Waals surface area (Å²) in [6.07, 6.45) is -5.73. The van der Waals surface area contributed by atoms with Gasteiger partial charge in [0, 0.05) is 0 Å². The van der Waals surface area contributed by atoms with Crippen molar-refractivity contribution in [1.29, 1.82) is 5.26 Å². The molecule has 142 valence electrons. The van der Waals surface area contributed by atoms with E-state index in [1.165, 1.54) is 6.07 Å². The lowest BCUT2D eigenvalue weighted by Crippen LogP contribution is -2.12. The lowest BCUT2D eigenvalue weighted by molar-refractivity contribution is -0.138. The van der Waals surface area contributed by atoms with Crippen molar-refractivity contribution >= 4 is 11.6 Å². The molecule has 0 spiro atoms. The Bertz CT molecular complexity index is 913. The first kappa shape index (κ1) is 20.0. The molecule has 2 rings (SSSR count). The van der Waals surface area contributed by atoms with Crippen LogP contribution in [0, 0.1) is 34.6 Å². The number of benzene rings is 2. The van der Waals surface area contributed by atoms with Crippen molar-refractivity contribution in [3.05, 3.63) is 53.1 Å². The van der Waals surface area contributed by atoms with E-state index in [-0.39, 0.29) is 12.1 Å². The Kier molecular flexibility index (Phi) is 5.58. The van der Waals surface area contributed by atoms with Crippen LogP contribution in [-0.4, -0.2) is 5.91 Å². The summed E-state index contributed by atoms with van der Waals surface area (Å²) >= 11 is 0. The van der Waals surface area contributed by atoms with Crippen LogP contribution in [0.2, 0.25) is 0 Å². The maximum Gasteiger partial charge on any atom is 0.416 e. The van der Waals surface area contributed by atoms with Crippen LogP contribution >= 0.6 is 0 Å². The predicted molar refractivity (Wildman–Crippen MR) is 76.7 cm³/mol. The van der Waals surface area contributed by atoms with Gasteiger partial charge in [0.25, 0.3) is 0 Å². The fourth-order valence-electron chi connectivity index (χ4n) is 1.92. The van der Waals surface area contributed by atoms with Crippen molar-refractivity contribution < 1.29 is 40.3 Å². The minimum atomic E-state index is -5.05. The molecule has 0 heterocycles. The molecule has 0 atom stereocenters. The highest BCUT2D eigenvalue weighted by Gasteiger charge is 2.33. The summed E-state index contributed by atoms with van der Waals surface area (Å²) < 4.78 is 97.4. The van der Waals surface area contributed by atoms with Crippen molar-refractivity contribution in [2.24, 2.45) is 0 Å². The van der Waals surface area contributed by atoms with Crippen molar-refractivity contribution in [1.82, 2.24) is 0 Å². The summed E-state index contributed by atoms with van der Waals surface area (Å²) in [4.78, 5) is 11.4. The summed E-state index contributed by atoms with van der Waals surface area (Å²) in [5.74, 6) is -10.5. The van der Waals surface area contributed by atoms with Crippen LogP contribution in [0.4, 0.5) is 36.4 Å². The largest absolute Gasteiger partial charge is 0.446 e. The number of amides is 1. The third-order valence-electron chi connectivity index (χ3n) is 3.09. The Balaban J connectivity index is 2.50. The first-order valence-electron chi connectivity index (χ1n) is 6.93. The summed E-state index contributed by atoms with van der Waals surface area (Å²) in [7, 11) is 0. The number of nitrogens with one attached hydrogen (secondary N) is 1. The van der Waals surface area contributed by atoms with Gasteiger partial charge in [-0.05, 0) is 24.3 Å². The molecule has 1 amide bonds. The second-order valence-electron chi connectivity index (χ2n) is 4.99. The number of carbonyl (C=O) groups excluding carboxylic acids is 1. The fourth-order valence-corrected chi connectivity index (χ4v) is 1.92. The van der Waals surface area contributed by atoms with Crippen LogP contribution in [-0.2, 0) is 11.0 Å². The molecule has 1 N–H and O–H groups in total. The van der Waals surface area contributed by atoms with E-state index in [1.807, 2.05) is 5.32 Å². The van der Waals surface area contributed by atoms with Gasteiger partial charge in [-0.3, -0.25) is 4.79 Å². The molecule has 0 radical (unpaired) electrons. The molecule has 0 unspecified atom stereocenters. The van der Waals surface area contributed by atoms with E-state index in [9.17, 15) is 35.5 Å². The van der Waals surface area contributed by atoms with E-state index >= 15 is 0 Å². The first-order valence-corrected chi connectivity index (χ1v) is 6.93. The number of carbonyl (C=O) groups is 1. The van der Waals surface area contributed by atoms with Crippen LogP contribution in [0.5, 0.6) is 11.5 Å². The molecular weight excluding hydrogens is 385 g/mol. The summed E-state index contributed by atoms with van der Waals surface area (Å²) in [5.41, 5.74) is -2.25. The van der Waals surface area contributed by atoms with Crippen molar-refractivity contribution in [3.63, 3.8) is 0 Å². The highest BCUT2D eigenvalue weighted by atomic mass is 19.4. The maximum absolute atomic E-state index is 14.0. The smallest absolute Gasteiger partial charge is 0.416 e. The molecule has 0 saturated carbocycles. The summed E-state index contributed by atoms with van der Waals surface area (Å²) in [5, 5.41) is 10.4. The van der Waals surface area contributed by atoms with Gasteiger partial charge < -0.3 is 10.1 Å². The molecule has 0 bridgehead atoms. The van der Waals surface area contributed by atoms with Crippen LogP contribution in [0.25, 0.3) is 0 Å². The van der Waals surface area contributed by atoms with E-state index in [0.29, 0.717) is 6.07 Å². The molecule has 2 aromatic carbocycles. The number of hydrogen-bond acceptors (Lipinski definition) is 3. The average molecular weight is 392 g/mol. The Morgan fingerprint density at radius 1 is 1.04 bits per heavy atom. The zero-order valence-corrected chi connectivity index (χ0v) is 12.9. The minimum absolute atomic E-state index is 0.0937. The van der Waals surface area contributed by atoms with Gasteiger partial charge in [0.1, 0.15) is 6.42 Å². The highest BCUT2D eigenvalue weighted by molar-refractivity contribution is 5.93. The summed E-state index contributed by atoms with van der Waals surface area (Å²) in [6, 6.07) is 2.63. The lowest BCUT2D eigenvalue weighted by Gasteiger charge is -2.15. The minimum Gasteiger partial charge on any atom is -0.446 e. The number of anilines is 1. The van der Waals surface area contributed by atoms with E-state index in [4.69, 9.17) is 5.26 Å². The number of nitriles is 1.